The van der Waals surface area contributed by atoms with Crippen LogP contribution in [0.3, 0.4) is 0 Å². The van der Waals surface area contributed by atoms with E-state index in [1.807, 2.05) is 49.4 Å². The summed E-state index contributed by atoms with van der Waals surface area (Å²) in [6.07, 6.45) is 0. The van der Waals surface area contributed by atoms with E-state index in [1.165, 1.54) is 16.7 Å². The molecule has 0 aliphatic carbocycles. The Hall–Kier alpha value is -1.92. The highest BCUT2D eigenvalue weighted by atomic mass is 32.2. The lowest BCUT2D eigenvalue weighted by Crippen LogP contribution is -2.28. The average molecular weight is 375 g/mol. The van der Waals surface area contributed by atoms with E-state index in [2.05, 4.69) is 22.8 Å². The van der Waals surface area contributed by atoms with E-state index in [0.29, 0.717) is 6.54 Å². The van der Waals surface area contributed by atoms with Crippen LogP contribution in [0.15, 0.2) is 59.5 Å². The molecule has 0 heterocycles. The fourth-order valence-electron chi connectivity index (χ4n) is 2.08. The second-order valence-electron chi connectivity index (χ2n) is 5.42. The number of nitrogens with one attached hydrogen (secondary N) is 2. The Morgan fingerprint density at radius 3 is 2.48 bits per heavy atom. The van der Waals surface area contributed by atoms with Crippen LogP contribution in [0.5, 0.6) is 0 Å². The molecule has 0 radical (unpaired) electrons. The molecular weight excluding hydrogens is 352 g/mol. The summed E-state index contributed by atoms with van der Waals surface area (Å²) in [6, 6.07) is 17.7. The van der Waals surface area contributed by atoms with E-state index in [1.54, 1.807) is 11.8 Å². The van der Waals surface area contributed by atoms with Crippen LogP contribution < -0.4 is 10.6 Å². The van der Waals surface area contributed by atoms with Crippen molar-refractivity contribution in [1.29, 1.82) is 0 Å². The maximum Gasteiger partial charge on any atom is 0.234 e. The largest absolute Gasteiger partial charge is 0.355 e. The van der Waals surface area contributed by atoms with Crippen molar-refractivity contribution in [3.63, 3.8) is 0 Å². The fraction of sp³-hybridized carbons (Fsp3) is 0.263. The Kier molecular flexibility index (Phi) is 8.42. The molecule has 0 saturated carbocycles. The minimum atomic E-state index is -0.0944. The quantitative estimate of drug-likeness (QED) is 0.520. The number of rotatable bonds is 9. The standard InChI is InChI=1S/C19H22N2O2S2/c1-15-6-5-7-16(12-15)21-19(23)14-24-13-18(22)20-10-11-25-17-8-3-2-4-9-17/h2-9,12H,10-11,13-14H2,1H3,(H,20,22)(H,21,23). The van der Waals surface area contributed by atoms with Gasteiger partial charge >= 0.3 is 0 Å². The molecule has 2 N–H and O–H groups in total. The molecule has 4 nitrogen and oxygen atoms in total. The number of anilines is 1. The van der Waals surface area contributed by atoms with Crippen LogP contribution in [0.2, 0.25) is 0 Å². The highest BCUT2D eigenvalue weighted by Gasteiger charge is 2.06. The molecule has 2 rings (SSSR count). The smallest absolute Gasteiger partial charge is 0.234 e. The molecule has 132 valence electrons. The second kappa shape index (κ2) is 10.8. The summed E-state index contributed by atoms with van der Waals surface area (Å²) in [4.78, 5) is 24.8. The predicted molar refractivity (Wildman–Crippen MR) is 107 cm³/mol. The van der Waals surface area contributed by atoms with Gasteiger partial charge in [-0.1, -0.05) is 30.3 Å². The summed E-state index contributed by atoms with van der Waals surface area (Å²) in [6.45, 7) is 2.60. The number of carbonyl (C=O) groups excluding carboxylic acids is 2. The molecule has 2 aromatic rings. The van der Waals surface area contributed by atoms with Crippen molar-refractivity contribution < 1.29 is 9.59 Å². The number of benzene rings is 2. The third-order valence-corrected chi connectivity index (χ3v) is 5.15. The first kappa shape index (κ1) is 19.4. The highest BCUT2D eigenvalue weighted by Crippen LogP contribution is 2.15. The molecule has 0 aliphatic heterocycles. The Bertz CT molecular complexity index is 693. The van der Waals surface area contributed by atoms with Crippen LogP contribution in [-0.2, 0) is 9.59 Å². The van der Waals surface area contributed by atoms with E-state index < -0.39 is 0 Å². The molecule has 2 amide bonds. The minimum absolute atomic E-state index is 0.0398. The molecule has 0 bridgehead atoms. The Balaban J connectivity index is 1.55. The zero-order valence-electron chi connectivity index (χ0n) is 14.2. The number of carbonyl (C=O) groups is 2. The number of amides is 2. The summed E-state index contributed by atoms with van der Waals surface area (Å²) in [5.41, 5.74) is 1.88. The van der Waals surface area contributed by atoms with E-state index in [-0.39, 0.29) is 23.3 Å². The summed E-state index contributed by atoms with van der Waals surface area (Å²) in [5.74, 6) is 1.25. The monoisotopic (exact) mass is 374 g/mol. The van der Waals surface area contributed by atoms with Gasteiger partial charge in [0.2, 0.25) is 11.8 Å². The molecule has 0 aliphatic rings. The lowest BCUT2D eigenvalue weighted by Gasteiger charge is -2.07. The van der Waals surface area contributed by atoms with Crippen LogP contribution in [0.25, 0.3) is 0 Å². The topological polar surface area (TPSA) is 58.2 Å². The molecule has 25 heavy (non-hydrogen) atoms. The Morgan fingerprint density at radius 2 is 1.72 bits per heavy atom. The van der Waals surface area contributed by atoms with Gasteiger partial charge in [0.1, 0.15) is 0 Å². The Morgan fingerprint density at radius 1 is 0.960 bits per heavy atom. The van der Waals surface area contributed by atoms with E-state index in [4.69, 9.17) is 0 Å². The normalized spacial score (nSPS) is 10.3. The van der Waals surface area contributed by atoms with Crippen LogP contribution in [0.4, 0.5) is 5.69 Å². The lowest BCUT2D eigenvalue weighted by atomic mass is 10.2. The first-order valence-electron chi connectivity index (χ1n) is 8.02. The molecule has 0 saturated heterocycles. The molecular formula is C19H22N2O2S2. The number of hydrogen-bond donors (Lipinski definition) is 2. The van der Waals surface area contributed by atoms with Crippen LogP contribution in [-0.4, -0.2) is 35.6 Å². The first-order valence-corrected chi connectivity index (χ1v) is 10.2. The Labute approximate surface area is 157 Å². The van der Waals surface area contributed by atoms with Gasteiger partial charge in [-0.3, -0.25) is 9.59 Å². The minimum Gasteiger partial charge on any atom is -0.355 e. The lowest BCUT2D eigenvalue weighted by molar-refractivity contribution is -0.118. The summed E-state index contributed by atoms with van der Waals surface area (Å²) in [5, 5.41) is 5.70. The number of hydrogen-bond acceptors (Lipinski definition) is 4. The van der Waals surface area contributed by atoms with Gasteiger partial charge in [-0.05, 0) is 36.8 Å². The molecule has 0 atom stereocenters. The first-order chi connectivity index (χ1) is 12.1. The summed E-state index contributed by atoms with van der Waals surface area (Å²) < 4.78 is 0. The van der Waals surface area contributed by atoms with E-state index in [0.717, 1.165) is 17.0 Å². The highest BCUT2D eigenvalue weighted by molar-refractivity contribution is 8.00. The second-order valence-corrected chi connectivity index (χ2v) is 7.58. The van der Waals surface area contributed by atoms with Crippen molar-refractivity contribution in [3.05, 3.63) is 60.2 Å². The van der Waals surface area contributed by atoms with Crippen LogP contribution in [0, 0.1) is 6.92 Å². The van der Waals surface area contributed by atoms with Crippen LogP contribution in [0.1, 0.15) is 5.56 Å². The zero-order valence-corrected chi connectivity index (χ0v) is 15.8. The van der Waals surface area contributed by atoms with Crippen molar-refractivity contribution in [2.45, 2.75) is 11.8 Å². The fourth-order valence-corrected chi connectivity index (χ4v) is 3.52. The van der Waals surface area contributed by atoms with Gasteiger partial charge < -0.3 is 10.6 Å². The third-order valence-electron chi connectivity index (χ3n) is 3.20. The maximum atomic E-state index is 11.9. The summed E-state index contributed by atoms with van der Waals surface area (Å²) in [7, 11) is 0. The van der Waals surface area contributed by atoms with Gasteiger partial charge in [-0.15, -0.1) is 23.5 Å². The molecule has 0 aromatic heterocycles. The van der Waals surface area contributed by atoms with Gasteiger partial charge in [0.15, 0.2) is 0 Å². The van der Waals surface area contributed by atoms with Gasteiger partial charge in [0.25, 0.3) is 0 Å². The van der Waals surface area contributed by atoms with Gasteiger partial charge in [-0.2, -0.15) is 0 Å². The average Bonchev–Trinajstić information content (AvgIpc) is 2.60. The van der Waals surface area contributed by atoms with Crippen molar-refractivity contribution in [1.82, 2.24) is 5.32 Å². The van der Waals surface area contributed by atoms with Crippen LogP contribution >= 0.6 is 23.5 Å². The molecule has 0 spiro atoms. The van der Waals surface area contributed by atoms with Crippen molar-refractivity contribution >= 4 is 41.0 Å². The van der Waals surface area contributed by atoms with Crippen molar-refractivity contribution in [2.75, 3.05) is 29.1 Å². The third kappa shape index (κ3) is 8.14. The van der Waals surface area contributed by atoms with Crippen molar-refractivity contribution in [2.24, 2.45) is 0 Å². The maximum absolute atomic E-state index is 11.9. The molecule has 0 unspecified atom stereocenters. The molecule has 0 fully saturated rings. The van der Waals surface area contributed by atoms with Crippen molar-refractivity contribution in [3.8, 4) is 0 Å². The number of aryl methyl sites for hydroxylation is 1. The SMILES string of the molecule is Cc1cccc(NC(=O)CSCC(=O)NCCSc2ccccc2)c1. The number of thioether (sulfide) groups is 2. The zero-order chi connectivity index (χ0) is 17.9. The summed E-state index contributed by atoms with van der Waals surface area (Å²) >= 11 is 3.02. The molecule has 6 heteroatoms. The molecule has 2 aromatic carbocycles. The van der Waals surface area contributed by atoms with E-state index >= 15 is 0 Å². The van der Waals surface area contributed by atoms with Gasteiger partial charge in [0, 0.05) is 22.9 Å². The predicted octanol–water partition coefficient (Wildman–Crippen LogP) is 3.58. The van der Waals surface area contributed by atoms with Gasteiger partial charge in [0.05, 0.1) is 11.5 Å². The van der Waals surface area contributed by atoms with E-state index in [9.17, 15) is 9.59 Å². The van der Waals surface area contributed by atoms with Gasteiger partial charge in [-0.25, -0.2) is 0 Å².